The lowest BCUT2D eigenvalue weighted by molar-refractivity contribution is 0.589. The first kappa shape index (κ1) is 11.1. The molecule has 1 atom stereocenters. The van der Waals surface area contributed by atoms with Gasteiger partial charge in [0, 0.05) is 38.4 Å². The zero-order valence-corrected chi connectivity index (χ0v) is 10.3. The van der Waals surface area contributed by atoms with Crippen molar-refractivity contribution >= 4 is 5.69 Å². The molecule has 0 spiro atoms. The first-order chi connectivity index (χ1) is 8.43. The van der Waals surface area contributed by atoms with Crippen LogP contribution in [0.4, 0.5) is 5.69 Å². The highest BCUT2D eigenvalue weighted by Crippen LogP contribution is 2.24. The molecule has 2 N–H and O–H groups in total. The highest BCUT2D eigenvalue weighted by atomic mass is 15.2. The van der Waals surface area contributed by atoms with E-state index >= 15 is 0 Å². The second-order valence-electron chi connectivity index (χ2n) is 5.02. The van der Waals surface area contributed by atoms with Crippen LogP contribution in [0.2, 0.25) is 0 Å². The minimum atomic E-state index is 0.729. The Labute approximate surface area is 103 Å². The summed E-state index contributed by atoms with van der Waals surface area (Å²) in [7, 11) is 0. The average Bonchev–Trinajstić information content (AvgIpc) is 2.94. The molecule has 17 heavy (non-hydrogen) atoms. The predicted molar refractivity (Wildman–Crippen MR) is 71.8 cm³/mol. The van der Waals surface area contributed by atoms with E-state index in [0.717, 1.165) is 38.6 Å². The summed E-state index contributed by atoms with van der Waals surface area (Å²) in [4.78, 5) is 2.47. The molecule has 2 saturated heterocycles. The third-order valence-electron chi connectivity index (χ3n) is 3.91. The van der Waals surface area contributed by atoms with Gasteiger partial charge in [0.15, 0.2) is 0 Å². The van der Waals surface area contributed by atoms with Gasteiger partial charge in [-0.25, -0.2) is 0 Å². The number of benzene rings is 1. The molecular formula is C14H21N3. The Kier molecular flexibility index (Phi) is 3.29. The lowest BCUT2D eigenvalue weighted by atomic mass is 9.98. The minimum Gasteiger partial charge on any atom is -0.369 e. The van der Waals surface area contributed by atoms with Crippen molar-refractivity contribution in [1.82, 2.24) is 10.6 Å². The summed E-state index contributed by atoms with van der Waals surface area (Å²) < 4.78 is 0. The first-order valence-electron chi connectivity index (χ1n) is 6.70. The largest absolute Gasteiger partial charge is 0.369 e. The number of nitrogens with zero attached hydrogens (tertiary/aromatic N) is 1. The molecule has 92 valence electrons. The van der Waals surface area contributed by atoms with Crippen molar-refractivity contribution in [2.75, 3.05) is 44.2 Å². The molecule has 3 heteroatoms. The van der Waals surface area contributed by atoms with Crippen LogP contribution in [0.1, 0.15) is 17.9 Å². The molecule has 0 aliphatic carbocycles. The molecule has 3 nitrogen and oxygen atoms in total. The van der Waals surface area contributed by atoms with Crippen molar-refractivity contribution in [1.29, 1.82) is 0 Å². The Balaban J connectivity index is 1.70. The van der Waals surface area contributed by atoms with Gasteiger partial charge in [-0.2, -0.15) is 0 Å². The van der Waals surface area contributed by atoms with E-state index < -0.39 is 0 Å². The van der Waals surface area contributed by atoms with Gasteiger partial charge in [-0.1, -0.05) is 12.1 Å². The summed E-state index contributed by atoms with van der Waals surface area (Å²) in [6, 6.07) is 9.21. The lowest BCUT2D eigenvalue weighted by Gasteiger charge is -2.29. The molecule has 0 radical (unpaired) electrons. The molecule has 1 aromatic rings. The van der Waals surface area contributed by atoms with Gasteiger partial charge in [0.2, 0.25) is 0 Å². The number of piperazine rings is 1. The number of nitrogens with one attached hydrogen (secondary N) is 2. The van der Waals surface area contributed by atoms with Crippen LogP contribution >= 0.6 is 0 Å². The van der Waals surface area contributed by atoms with Crippen LogP contribution in [0.25, 0.3) is 0 Å². The Hall–Kier alpha value is -1.06. The minimum absolute atomic E-state index is 0.729. The van der Waals surface area contributed by atoms with Crippen LogP contribution in [0.15, 0.2) is 24.3 Å². The van der Waals surface area contributed by atoms with Gasteiger partial charge in [-0.05, 0) is 36.6 Å². The Morgan fingerprint density at radius 2 is 1.71 bits per heavy atom. The third kappa shape index (κ3) is 2.45. The summed E-state index contributed by atoms with van der Waals surface area (Å²) >= 11 is 0. The molecular weight excluding hydrogens is 210 g/mol. The van der Waals surface area contributed by atoms with Gasteiger partial charge in [0.05, 0.1) is 0 Å². The Bertz CT molecular complexity index is 348. The zero-order valence-electron chi connectivity index (χ0n) is 10.3. The maximum absolute atomic E-state index is 3.43. The summed E-state index contributed by atoms with van der Waals surface area (Å²) in [5, 5.41) is 6.82. The maximum atomic E-state index is 3.43. The van der Waals surface area contributed by atoms with Gasteiger partial charge in [0.1, 0.15) is 0 Å². The monoisotopic (exact) mass is 231 g/mol. The van der Waals surface area contributed by atoms with Crippen LogP contribution in [-0.2, 0) is 0 Å². The van der Waals surface area contributed by atoms with Crippen molar-refractivity contribution in [3.05, 3.63) is 29.8 Å². The molecule has 2 fully saturated rings. The third-order valence-corrected chi connectivity index (χ3v) is 3.91. The van der Waals surface area contributed by atoms with E-state index in [4.69, 9.17) is 0 Å². The molecule has 2 aliphatic rings. The first-order valence-corrected chi connectivity index (χ1v) is 6.70. The second-order valence-corrected chi connectivity index (χ2v) is 5.02. The van der Waals surface area contributed by atoms with Crippen LogP contribution in [0, 0.1) is 0 Å². The van der Waals surface area contributed by atoms with E-state index in [2.05, 4.69) is 39.8 Å². The van der Waals surface area contributed by atoms with E-state index in [1.165, 1.54) is 24.2 Å². The molecule has 1 unspecified atom stereocenters. The normalized spacial score (nSPS) is 25.2. The SMILES string of the molecule is c1cc(N2CCNCC2)ccc1C1CCNC1. The van der Waals surface area contributed by atoms with E-state index in [-0.39, 0.29) is 0 Å². The summed E-state index contributed by atoms with van der Waals surface area (Å²) in [6.45, 7) is 6.79. The highest BCUT2D eigenvalue weighted by molar-refractivity contribution is 5.48. The maximum Gasteiger partial charge on any atom is 0.0367 e. The zero-order chi connectivity index (χ0) is 11.5. The summed E-state index contributed by atoms with van der Waals surface area (Å²) in [5.74, 6) is 0.729. The van der Waals surface area contributed by atoms with E-state index in [9.17, 15) is 0 Å². The summed E-state index contributed by atoms with van der Waals surface area (Å²) in [6.07, 6.45) is 1.28. The smallest absolute Gasteiger partial charge is 0.0367 e. The lowest BCUT2D eigenvalue weighted by Crippen LogP contribution is -2.43. The van der Waals surface area contributed by atoms with Gasteiger partial charge in [-0.3, -0.25) is 0 Å². The number of anilines is 1. The highest BCUT2D eigenvalue weighted by Gasteiger charge is 2.17. The Morgan fingerprint density at radius 3 is 2.35 bits per heavy atom. The predicted octanol–water partition coefficient (Wildman–Crippen LogP) is 1.17. The van der Waals surface area contributed by atoms with Crippen molar-refractivity contribution in [2.45, 2.75) is 12.3 Å². The van der Waals surface area contributed by atoms with E-state index in [1.54, 1.807) is 0 Å². The van der Waals surface area contributed by atoms with E-state index in [0.29, 0.717) is 0 Å². The molecule has 3 rings (SSSR count). The van der Waals surface area contributed by atoms with Crippen LogP contribution < -0.4 is 15.5 Å². The Morgan fingerprint density at radius 1 is 0.941 bits per heavy atom. The van der Waals surface area contributed by atoms with Gasteiger partial charge >= 0.3 is 0 Å². The van der Waals surface area contributed by atoms with Gasteiger partial charge < -0.3 is 15.5 Å². The molecule has 1 aromatic carbocycles. The van der Waals surface area contributed by atoms with Crippen LogP contribution in [0.3, 0.4) is 0 Å². The molecule has 0 saturated carbocycles. The fourth-order valence-electron chi connectivity index (χ4n) is 2.82. The topological polar surface area (TPSA) is 27.3 Å². The molecule has 0 aromatic heterocycles. The van der Waals surface area contributed by atoms with Crippen molar-refractivity contribution in [2.24, 2.45) is 0 Å². The second kappa shape index (κ2) is 5.07. The number of hydrogen-bond donors (Lipinski definition) is 2. The van der Waals surface area contributed by atoms with Crippen molar-refractivity contribution in [3.63, 3.8) is 0 Å². The van der Waals surface area contributed by atoms with Gasteiger partial charge in [-0.15, -0.1) is 0 Å². The standard InChI is InChI=1S/C14H21N3/c1-3-14(17-9-7-15-8-10-17)4-2-12(1)13-5-6-16-11-13/h1-4,13,15-16H,5-11H2. The van der Waals surface area contributed by atoms with Crippen LogP contribution in [-0.4, -0.2) is 39.3 Å². The molecule has 0 bridgehead atoms. The van der Waals surface area contributed by atoms with Crippen molar-refractivity contribution < 1.29 is 0 Å². The quantitative estimate of drug-likeness (QED) is 0.800. The van der Waals surface area contributed by atoms with Crippen molar-refractivity contribution in [3.8, 4) is 0 Å². The van der Waals surface area contributed by atoms with E-state index in [1.807, 2.05) is 0 Å². The number of hydrogen-bond acceptors (Lipinski definition) is 3. The van der Waals surface area contributed by atoms with Gasteiger partial charge in [0.25, 0.3) is 0 Å². The fraction of sp³-hybridized carbons (Fsp3) is 0.571. The average molecular weight is 231 g/mol. The van der Waals surface area contributed by atoms with Crippen LogP contribution in [0.5, 0.6) is 0 Å². The summed E-state index contributed by atoms with van der Waals surface area (Å²) in [5.41, 5.74) is 2.87. The molecule has 2 heterocycles. The molecule has 2 aliphatic heterocycles. The fourth-order valence-corrected chi connectivity index (χ4v) is 2.82. The number of rotatable bonds is 2. The molecule has 0 amide bonds.